The van der Waals surface area contributed by atoms with Crippen LogP contribution in [0, 0.1) is 0 Å². The Morgan fingerprint density at radius 1 is 1.23 bits per heavy atom. The van der Waals surface area contributed by atoms with Gasteiger partial charge in [0.1, 0.15) is 11.0 Å². The third kappa shape index (κ3) is 4.24. The van der Waals surface area contributed by atoms with Gasteiger partial charge in [-0.05, 0) is 68.9 Å². The molecule has 0 saturated carbocycles. The quantitative estimate of drug-likeness (QED) is 0.631. The predicted octanol–water partition coefficient (Wildman–Crippen LogP) is 3.86. The number of hydrogen-bond donors (Lipinski definition) is 1. The Kier molecular flexibility index (Phi) is 6.39. The second-order valence-electron chi connectivity index (χ2n) is 7.50. The highest BCUT2D eigenvalue weighted by molar-refractivity contribution is 7.89. The Labute approximate surface area is 190 Å². The van der Waals surface area contributed by atoms with Crippen molar-refractivity contribution in [1.29, 1.82) is 0 Å². The fourth-order valence-electron chi connectivity index (χ4n) is 4.14. The van der Waals surface area contributed by atoms with Crippen LogP contribution in [-0.4, -0.2) is 43.8 Å². The number of carbonyl (C=O) groups excluding carboxylic acids is 2. The lowest BCUT2D eigenvalue weighted by Crippen LogP contribution is -2.43. The molecule has 1 saturated heterocycles. The SMILES string of the molecule is CCOC(=O)c1c(NC(=O)C2CCCN2S(=O)(=O)c2ccc(Cl)cc2)sc2c1CCC2. The smallest absolute Gasteiger partial charge is 0.341 e. The summed E-state index contributed by atoms with van der Waals surface area (Å²) in [7, 11) is -3.85. The third-order valence-corrected chi connectivity index (χ3v) is 8.95. The van der Waals surface area contributed by atoms with E-state index in [4.69, 9.17) is 16.3 Å². The van der Waals surface area contributed by atoms with Crippen molar-refractivity contribution in [3.63, 3.8) is 0 Å². The lowest BCUT2D eigenvalue weighted by Gasteiger charge is -2.23. The molecular weight excluding hydrogens is 460 g/mol. The Bertz CT molecular complexity index is 1110. The van der Waals surface area contributed by atoms with E-state index in [0.29, 0.717) is 28.4 Å². The molecule has 1 N–H and O–H groups in total. The maximum absolute atomic E-state index is 13.1. The van der Waals surface area contributed by atoms with Crippen LogP contribution >= 0.6 is 22.9 Å². The van der Waals surface area contributed by atoms with Crippen LogP contribution < -0.4 is 5.32 Å². The van der Waals surface area contributed by atoms with Gasteiger partial charge in [0.15, 0.2) is 0 Å². The first kappa shape index (κ1) is 22.3. The van der Waals surface area contributed by atoms with E-state index in [1.54, 1.807) is 6.92 Å². The summed E-state index contributed by atoms with van der Waals surface area (Å²) in [5.74, 6) is -0.880. The van der Waals surface area contributed by atoms with Crippen molar-refractivity contribution >= 4 is 49.8 Å². The van der Waals surface area contributed by atoms with E-state index in [1.807, 2.05) is 0 Å². The van der Waals surface area contributed by atoms with E-state index in [0.717, 1.165) is 29.7 Å². The van der Waals surface area contributed by atoms with Crippen molar-refractivity contribution in [1.82, 2.24) is 4.31 Å². The van der Waals surface area contributed by atoms with Crippen LogP contribution in [0.4, 0.5) is 5.00 Å². The number of nitrogens with one attached hydrogen (secondary N) is 1. The average Bonchev–Trinajstić information content (AvgIpc) is 3.44. The Morgan fingerprint density at radius 3 is 2.68 bits per heavy atom. The summed E-state index contributed by atoms with van der Waals surface area (Å²) in [6.45, 7) is 2.24. The average molecular weight is 483 g/mol. The van der Waals surface area contributed by atoms with Gasteiger partial charge in [-0.1, -0.05) is 11.6 Å². The molecule has 10 heteroatoms. The Morgan fingerprint density at radius 2 is 1.97 bits per heavy atom. The highest BCUT2D eigenvalue weighted by Gasteiger charge is 2.40. The lowest BCUT2D eigenvalue weighted by molar-refractivity contribution is -0.119. The fraction of sp³-hybridized carbons (Fsp3) is 0.429. The number of aryl methyl sites for hydroxylation is 1. The van der Waals surface area contributed by atoms with Gasteiger partial charge in [0, 0.05) is 16.4 Å². The summed E-state index contributed by atoms with van der Waals surface area (Å²) < 4.78 is 32.7. The fourth-order valence-corrected chi connectivity index (χ4v) is 7.20. The number of ether oxygens (including phenoxy) is 1. The zero-order chi connectivity index (χ0) is 22.2. The molecule has 1 atom stereocenters. The van der Waals surface area contributed by atoms with E-state index >= 15 is 0 Å². The minimum absolute atomic E-state index is 0.0962. The standard InChI is InChI=1S/C21H23ClN2O5S2/c1-2-29-21(26)18-15-5-3-7-17(15)30-20(18)23-19(25)16-6-4-12-24(16)31(27,28)14-10-8-13(22)9-11-14/h8-11,16H,2-7,12H2,1H3,(H,23,25). The van der Waals surface area contributed by atoms with Gasteiger partial charge in [-0.3, -0.25) is 4.79 Å². The number of rotatable bonds is 6. The van der Waals surface area contributed by atoms with Crippen LogP contribution in [0.3, 0.4) is 0 Å². The number of esters is 1. The van der Waals surface area contributed by atoms with Crippen molar-refractivity contribution in [3.05, 3.63) is 45.3 Å². The van der Waals surface area contributed by atoms with Crippen LogP contribution in [-0.2, 0) is 32.4 Å². The summed E-state index contributed by atoms with van der Waals surface area (Å²) in [4.78, 5) is 26.8. The molecule has 1 aliphatic carbocycles. The molecule has 7 nitrogen and oxygen atoms in total. The van der Waals surface area contributed by atoms with Gasteiger partial charge in [0.2, 0.25) is 15.9 Å². The summed E-state index contributed by atoms with van der Waals surface area (Å²) >= 11 is 7.26. The second kappa shape index (κ2) is 8.90. The first-order valence-electron chi connectivity index (χ1n) is 10.2. The number of nitrogens with zero attached hydrogens (tertiary/aromatic N) is 1. The van der Waals surface area contributed by atoms with Gasteiger partial charge in [-0.15, -0.1) is 11.3 Å². The number of thiophene rings is 1. The van der Waals surface area contributed by atoms with Crippen molar-refractivity contribution in [2.75, 3.05) is 18.5 Å². The molecule has 1 unspecified atom stereocenters. The molecule has 166 valence electrons. The molecule has 1 amide bonds. The number of benzene rings is 1. The molecule has 1 aromatic carbocycles. The molecule has 31 heavy (non-hydrogen) atoms. The molecular formula is C21H23ClN2O5S2. The Balaban J connectivity index is 1.59. The number of amides is 1. The molecule has 2 aliphatic rings. The van der Waals surface area contributed by atoms with Crippen LogP contribution in [0.15, 0.2) is 29.2 Å². The van der Waals surface area contributed by atoms with E-state index in [1.165, 1.54) is 39.9 Å². The minimum Gasteiger partial charge on any atom is -0.462 e. The second-order valence-corrected chi connectivity index (χ2v) is 10.9. The molecule has 0 spiro atoms. The van der Waals surface area contributed by atoms with Gasteiger partial charge < -0.3 is 10.1 Å². The summed E-state index contributed by atoms with van der Waals surface area (Å²) in [6.07, 6.45) is 3.60. The largest absolute Gasteiger partial charge is 0.462 e. The van der Waals surface area contributed by atoms with E-state index in [9.17, 15) is 18.0 Å². The van der Waals surface area contributed by atoms with Crippen molar-refractivity contribution in [2.24, 2.45) is 0 Å². The zero-order valence-electron chi connectivity index (χ0n) is 17.0. The van der Waals surface area contributed by atoms with Gasteiger partial charge in [-0.2, -0.15) is 4.31 Å². The number of halogens is 1. The maximum atomic E-state index is 13.1. The maximum Gasteiger partial charge on any atom is 0.341 e. The van der Waals surface area contributed by atoms with E-state index < -0.39 is 27.9 Å². The van der Waals surface area contributed by atoms with Gasteiger partial charge in [0.05, 0.1) is 17.1 Å². The minimum atomic E-state index is -3.85. The van der Waals surface area contributed by atoms with Crippen LogP contribution in [0.2, 0.25) is 5.02 Å². The monoisotopic (exact) mass is 482 g/mol. The number of fused-ring (bicyclic) bond motifs is 1. The van der Waals surface area contributed by atoms with Crippen LogP contribution in [0.1, 0.15) is 47.0 Å². The normalized spacial score (nSPS) is 18.7. The van der Waals surface area contributed by atoms with Gasteiger partial charge in [-0.25, -0.2) is 13.2 Å². The van der Waals surface area contributed by atoms with E-state index in [2.05, 4.69) is 5.32 Å². The number of carbonyl (C=O) groups is 2. The molecule has 0 bridgehead atoms. The highest BCUT2D eigenvalue weighted by Crippen LogP contribution is 2.40. The van der Waals surface area contributed by atoms with Gasteiger partial charge in [0.25, 0.3) is 0 Å². The molecule has 1 fully saturated rings. The predicted molar refractivity (Wildman–Crippen MR) is 119 cm³/mol. The van der Waals surface area contributed by atoms with Crippen molar-refractivity contribution in [3.8, 4) is 0 Å². The lowest BCUT2D eigenvalue weighted by atomic mass is 10.1. The van der Waals surface area contributed by atoms with E-state index in [-0.39, 0.29) is 18.0 Å². The van der Waals surface area contributed by atoms with Crippen molar-refractivity contribution in [2.45, 2.75) is 50.0 Å². The summed E-state index contributed by atoms with van der Waals surface area (Å²) in [5, 5.41) is 3.72. The summed E-state index contributed by atoms with van der Waals surface area (Å²) in [6, 6.07) is 5.06. The highest BCUT2D eigenvalue weighted by atomic mass is 35.5. The van der Waals surface area contributed by atoms with Crippen LogP contribution in [0.25, 0.3) is 0 Å². The topological polar surface area (TPSA) is 92.8 Å². The first-order valence-corrected chi connectivity index (χ1v) is 12.9. The summed E-state index contributed by atoms with van der Waals surface area (Å²) in [5.41, 5.74) is 1.36. The van der Waals surface area contributed by atoms with Crippen molar-refractivity contribution < 1.29 is 22.7 Å². The van der Waals surface area contributed by atoms with Gasteiger partial charge >= 0.3 is 5.97 Å². The molecule has 2 heterocycles. The Hall–Kier alpha value is -1.94. The third-order valence-electron chi connectivity index (χ3n) is 5.56. The molecule has 0 radical (unpaired) electrons. The first-order chi connectivity index (χ1) is 14.8. The molecule has 4 rings (SSSR count). The zero-order valence-corrected chi connectivity index (χ0v) is 19.4. The number of hydrogen-bond acceptors (Lipinski definition) is 6. The van der Waals surface area contributed by atoms with Crippen LogP contribution in [0.5, 0.6) is 0 Å². The number of anilines is 1. The number of sulfonamides is 1. The molecule has 2 aromatic rings. The molecule has 1 aromatic heterocycles. The molecule has 1 aliphatic heterocycles.